The molecule has 3 N–H and O–H groups in total. The molecule has 0 aliphatic carbocycles. The fraction of sp³-hybridized carbons (Fsp3) is 0.267. The Morgan fingerprint density at radius 3 is 2.88 bits per heavy atom. The van der Waals surface area contributed by atoms with E-state index in [4.69, 9.17) is 23.2 Å². The van der Waals surface area contributed by atoms with Crippen LogP contribution in [-0.2, 0) is 6.54 Å². The Balaban J connectivity index is 1.84. The minimum atomic E-state index is -0.347. The van der Waals surface area contributed by atoms with E-state index in [1.54, 1.807) is 25.3 Å². The molecule has 0 radical (unpaired) electrons. The summed E-state index contributed by atoms with van der Waals surface area (Å²) < 4.78 is 1.52. The van der Waals surface area contributed by atoms with Crippen LogP contribution in [0.1, 0.15) is 18.5 Å². The van der Waals surface area contributed by atoms with Gasteiger partial charge in [0.05, 0.1) is 28.9 Å². The van der Waals surface area contributed by atoms with Crippen molar-refractivity contribution in [2.24, 2.45) is 0 Å². The van der Waals surface area contributed by atoms with Crippen LogP contribution < -0.4 is 10.9 Å². The van der Waals surface area contributed by atoms with Crippen LogP contribution >= 0.6 is 23.2 Å². The molecule has 9 heteroatoms. The first-order valence-electron chi connectivity index (χ1n) is 7.25. The first kappa shape index (κ1) is 16.8. The molecule has 0 fully saturated rings. The fourth-order valence-electron chi connectivity index (χ4n) is 2.17. The smallest absolute Gasteiger partial charge is 0.280 e. The number of anilines is 1. The van der Waals surface area contributed by atoms with Crippen molar-refractivity contribution in [2.45, 2.75) is 19.5 Å². The molecule has 1 aromatic carbocycles. The third-order valence-electron chi connectivity index (χ3n) is 3.55. The summed E-state index contributed by atoms with van der Waals surface area (Å²) in [5.74, 6) is 0.328. The van der Waals surface area contributed by atoms with E-state index in [0.29, 0.717) is 28.1 Å². The van der Waals surface area contributed by atoms with Gasteiger partial charge in [-0.3, -0.25) is 14.5 Å². The number of aromatic nitrogens is 4. The van der Waals surface area contributed by atoms with Crippen LogP contribution in [0.25, 0.3) is 11.0 Å². The van der Waals surface area contributed by atoms with Crippen molar-refractivity contribution in [3.05, 3.63) is 50.4 Å². The summed E-state index contributed by atoms with van der Waals surface area (Å²) in [6.07, 6.45) is 1.63. The lowest BCUT2D eigenvalue weighted by Gasteiger charge is -2.06. The van der Waals surface area contributed by atoms with Crippen LogP contribution in [0.3, 0.4) is 0 Å². The number of hydrogen-bond acceptors (Lipinski definition) is 5. The molecule has 0 spiro atoms. The first-order valence-corrected chi connectivity index (χ1v) is 8.01. The van der Waals surface area contributed by atoms with Crippen LogP contribution in [-0.4, -0.2) is 31.5 Å². The molecule has 7 nitrogen and oxygen atoms in total. The van der Waals surface area contributed by atoms with Gasteiger partial charge in [0.15, 0.2) is 5.52 Å². The molecule has 0 amide bonds. The number of rotatable bonds is 5. The van der Waals surface area contributed by atoms with E-state index in [2.05, 4.69) is 20.4 Å². The maximum Gasteiger partial charge on any atom is 0.280 e. The first-order chi connectivity index (χ1) is 11.5. The van der Waals surface area contributed by atoms with Crippen molar-refractivity contribution in [1.29, 1.82) is 0 Å². The summed E-state index contributed by atoms with van der Waals surface area (Å²) in [5, 5.41) is 17.3. The number of hydrogen-bond donors (Lipinski definition) is 3. The molecule has 2 heterocycles. The second-order valence-corrected chi connectivity index (χ2v) is 6.21. The number of benzene rings is 1. The highest BCUT2D eigenvalue weighted by Gasteiger charge is 2.12. The Hall–Kier alpha value is -2.09. The number of halogens is 2. The van der Waals surface area contributed by atoms with Gasteiger partial charge in [0.25, 0.3) is 5.56 Å². The van der Waals surface area contributed by atoms with Gasteiger partial charge in [-0.15, -0.1) is 0 Å². The Bertz CT molecular complexity index is 937. The lowest BCUT2D eigenvalue weighted by molar-refractivity contribution is 0.230. The molecule has 0 bridgehead atoms. The van der Waals surface area contributed by atoms with Gasteiger partial charge in [-0.1, -0.05) is 29.3 Å². The molecule has 0 saturated carbocycles. The molecule has 0 saturated heterocycles. The molecule has 0 aliphatic heterocycles. The maximum absolute atomic E-state index is 12.1. The highest BCUT2D eigenvalue weighted by Crippen LogP contribution is 2.22. The van der Waals surface area contributed by atoms with Crippen LogP contribution in [0.2, 0.25) is 10.0 Å². The zero-order chi connectivity index (χ0) is 17.3. The average Bonchev–Trinajstić information content (AvgIpc) is 3.00. The standard InChI is InChI=1S/C15H15Cl2N5O2/c1-8(7-23)22-6-12-13(21-22)14(24)20-15(19-12)18-5-9-2-3-10(16)11(17)4-9/h2-4,6,8,23H,5,7H2,1H3,(H2,18,19,20,24). The van der Waals surface area contributed by atoms with Gasteiger partial charge in [0.2, 0.25) is 5.95 Å². The number of aliphatic hydroxyl groups excluding tert-OH is 1. The van der Waals surface area contributed by atoms with Crippen LogP contribution in [0, 0.1) is 0 Å². The van der Waals surface area contributed by atoms with Crippen molar-refractivity contribution in [1.82, 2.24) is 19.7 Å². The van der Waals surface area contributed by atoms with Gasteiger partial charge < -0.3 is 10.4 Å². The third kappa shape index (κ3) is 3.38. The number of aliphatic hydroxyl groups is 1. The highest BCUT2D eigenvalue weighted by atomic mass is 35.5. The SMILES string of the molecule is CC(CO)n1cc2nc(NCc3ccc(Cl)c(Cl)c3)[nH]c(=O)c2n1. The van der Waals surface area contributed by atoms with E-state index >= 15 is 0 Å². The Kier molecular flexibility index (Phi) is 4.75. The summed E-state index contributed by atoms with van der Waals surface area (Å²) in [7, 11) is 0. The number of nitrogens with one attached hydrogen (secondary N) is 2. The Morgan fingerprint density at radius 1 is 1.38 bits per heavy atom. The van der Waals surface area contributed by atoms with Crippen molar-refractivity contribution >= 4 is 40.2 Å². The monoisotopic (exact) mass is 367 g/mol. The summed E-state index contributed by atoms with van der Waals surface area (Å²) in [5.41, 5.74) is 1.24. The fourth-order valence-corrected chi connectivity index (χ4v) is 2.49. The lowest BCUT2D eigenvalue weighted by atomic mass is 10.2. The van der Waals surface area contributed by atoms with Gasteiger partial charge in [0.1, 0.15) is 5.52 Å². The predicted molar refractivity (Wildman–Crippen MR) is 93.7 cm³/mol. The largest absolute Gasteiger partial charge is 0.394 e. The minimum Gasteiger partial charge on any atom is -0.394 e. The van der Waals surface area contributed by atoms with Crippen molar-refractivity contribution in [3.8, 4) is 0 Å². The number of nitrogens with zero attached hydrogens (tertiary/aromatic N) is 3. The van der Waals surface area contributed by atoms with Crippen LogP contribution in [0.5, 0.6) is 0 Å². The summed E-state index contributed by atoms with van der Waals surface area (Å²) in [6, 6.07) is 5.06. The molecular weight excluding hydrogens is 353 g/mol. The minimum absolute atomic E-state index is 0.0751. The van der Waals surface area contributed by atoms with E-state index in [1.165, 1.54) is 4.68 Å². The second kappa shape index (κ2) is 6.80. The highest BCUT2D eigenvalue weighted by molar-refractivity contribution is 6.42. The van der Waals surface area contributed by atoms with Gasteiger partial charge >= 0.3 is 0 Å². The van der Waals surface area contributed by atoms with Gasteiger partial charge in [0, 0.05) is 6.54 Å². The van der Waals surface area contributed by atoms with Gasteiger partial charge in [-0.2, -0.15) is 5.10 Å². The molecule has 0 aliphatic rings. The van der Waals surface area contributed by atoms with Gasteiger partial charge in [-0.05, 0) is 24.6 Å². The van der Waals surface area contributed by atoms with E-state index < -0.39 is 0 Å². The van der Waals surface area contributed by atoms with Crippen LogP contribution in [0.4, 0.5) is 5.95 Å². The van der Waals surface area contributed by atoms with E-state index in [0.717, 1.165) is 5.56 Å². The Morgan fingerprint density at radius 2 is 2.17 bits per heavy atom. The molecule has 126 valence electrons. The van der Waals surface area contributed by atoms with Crippen LogP contribution in [0.15, 0.2) is 29.2 Å². The molecular formula is C15H15Cl2N5O2. The third-order valence-corrected chi connectivity index (χ3v) is 4.29. The number of fused-ring (bicyclic) bond motifs is 1. The molecule has 24 heavy (non-hydrogen) atoms. The molecule has 1 atom stereocenters. The van der Waals surface area contributed by atoms with Gasteiger partial charge in [-0.25, -0.2) is 4.98 Å². The zero-order valence-corrected chi connectivity index (χ0v) is 14.3. The number of H-pyrrole nitrogens is 1. The predicted octanol–water partition coefficient (Wildman–Crippen LogP) is 2.59. The molecule has 3 rings (SSSR count). The average molecular weight is 368 g/mol. The molecule has 3 aromatic rings. The van der Waals surface area contributed by atoms with Crippen molar-refractivity contribution < 1.29 is 5.11 Å². The molecule has 2 aromatic heterocycles. The summed E-state index contributed by atoms with van der Waals surface area (Å²) in [4.78, 5) is 19.1. The quantitative estimate of drug-likeness (QED) is 0.643. The summed E-state index contributed by atoms with van der Waals surface area (Å²) in [6.45, 7) is 2.14. The van der Waals surface area contributed by atoms with Crippen molar-refractivity contribution in [3.63, 3.8) is 0 Å². The van der Waals surface area contributed by atoms with E-state index in [-0.39, 0.29) is 23.7 Å². The maximum atomic E-state index is 12.1. The Labute approximate surface area is 147 Å². The summed E-state index contributed by atoms with van der Waals surface area (Å²) >= 11 is 11.9. The normalized spacial score (nSPS) is 12.5. The second-order valence-electron chi connectivity index (χ2n) is 5.39. The topological polar surface area (TPSA) is 95.8 Å². The zero-order valence-electron chi connectivity index (χ0n) is 12.8. The van der Waals surface area contributed by atoms with Crippen molar-refractivity contribution in [2.75, 3.05) is 11.9 Å². The van der Waals surface area contributed by atoms with E-state index in [9.17, 15) is 9.90 Å². The lowest BCUT2D eigenvalue weighted by Crippen LogP contribution is -2.14. The molecule has 1 unspecified atom stereocenters. The number of aromatic amines is 1. The van der Waals surface area contributed by atoms with E-state index in [1.807, 2.05) is 6.07 Å².